The molecule has 4 amide bonds. The lowest BCUT2D eigenvalue weighted by atomic mass is 10.0. The molecular formula is C34H43N7O4. The molecule has 0 saturated carbocycles. The van der Waals surface area contributed by atoms with Gasteiger partial charge in [0, 0.05) is 62.3 Å². The van der Waals surface area contributed by atoms with Crippen LogP contribution in [0.4, 0.5) is 15.3 Å². The Hall–Kier alpha value is -4.12. The van der Waals surface area contributed by atoms with E-state index in [4.69, 9.17) is 4.74 Å². The Kier molecular flexibility index (Phi) is 8.60. The molecule has 0 bridgehead atoms. The lowest BCUT2D eigenvalue weighted by molar-refractivity contribution is -0.142. The van der Waals surface area contributed by atoms with Crippen LogP contribution in [0.5, 0.6) is 0 Å². The van der Waals surface area contributed by atoms with Crippen LogP contribution in [-0.4, -0.2) is 112 Å². The van der Waals surface area contributed by atoms with Crippen LogP contribution in [0.15, 0.2) is 48.7 Å². The van der Waals surface area contributed by atoms with Crippen molar-refractivity contribution in [3.8, 4) is 0 Å². The highest BCUT2D eigenvalue weighted by atomic mass is 16.6. The number of para-hydroxylation sites is 1. The number of likely N-dealkylation sites (tertiary alicyclic amines) is 3. The quantitative estimate of drug-likeness (QED) is 0.430. The predicted octanol–water partition coefficient (Wildman–Crippen LogP) is 4.25. The van der Waals surface area contributed by atoms with E-state index in [9.17, 15) is 14.4 Å². The lowest BCUT2D eigenvalue weighted by Crippen LogP contribution is -2.52. The Morgan fingerprint density at radius 3 is 2.42 bits per heavy atom. The van der Waals surface area contributed by atoms with Gasteiger partial charge in [-0.3, -0.25) is 9.89 Å². The maximum Gasteiger partial charge on any atom is 0.410 e. The zero-order valence-corrected chi connectivity index (χ0v) is 25.8. The summed E-state index contributed by atoms with van der Waals surface area (Å²) < 4.78 is 6.06. The van der Waals surface area contributed by atoms with E-state index in [0.717, 1.165) is 60.1 Å². The molecule has 4 aliphatic rings. The van der Waals surface area contributed by atoms with Crippen molar-refractivity contribution in [1.29, 1.82) is 0 Å². The van der Waals surface area contributed by atoms with E-state index in [-0.39, 0.29) is 18.0 Å². The van der Waals surface area contributed by atoms with E-state index < -0.39 is 12.2 Å². The predicted molar refractivity (Wildman–Crippen MR) is 171 cm³/mol. The minimum absolute atomic E-state index is 0.0411. The van der Waals surface area contributed by atoms with Gasteiger partial charge in [0.05, 0.1) is 11.7 Å². The molecule has 0 radical (unpaired) electrons. The second-order valence-corrected chi connectivity index (χ2v) is 12.9. The highest BCUT2D eigenvalue weighted by Gasteiger charge is 2.36. The number of rotatable bonds is 6. The molecule has 4 aliphatic heterocycles. The summed E-state index contributed by atoms with van der Waals surface area (Å²) in [4.78, 5) is 48.6. The summed E-state index contributed by atoms with van der Waals surface area (Å²) in [5, 5.41) is 11.1. The van der Waals surface area contributed by atoms with Gasteiger partial charge in [0.2, 0.25) is 0 Å². The third-order valence-electron chi connectivity index (χ3n) is 10.2. The molecule has 0 aliphatic carbocycles. The third kappa shape index (κ3) is 6.49. The van der Waals surface area contributed by atoms with E-state index in [0.29, 0.717) is 58.0 Å². The highest BCUT2D eigenvalue weighted by Crippen LogP contribution is 2.26. The van der Waals surface area contributed by atoms with Gasteiger partial charge in [0.1, 0.15) is 0 Å². The Morgan fingerprint density at radius 2 is 1.62 bits per heavy atom. The van der Waals surface area contributed by atoms with Gasteiger partial charge in [0.25, 0.3) is 5.91 Å². The number of benzene rings is 2. The van der Waals surface area contributed by atoms with E-state index in [1.165, 1.54) is 12.8 Å². The normalized spacial score (nSPS) is 21.0. The zero-order valence-electron chi connectivity index (χ0n) is 25.8. The van der Waals surface area contributed by atoms with Gasteiger partial charge in [-0.2, -0.15) is 5.10 Å². The van der Waals surface area contributed by atoms with Crippen molar-refractivity contribution in [2.24, 2.45) is 0 Å². The molecule has 238 valence electrons. The van der Waals surface area contributed by atoms with Crippen LogP contribution >= 0.6 is 0 Å². The molecular weight excluding hydrogens is 570 g/mol. The largest absolute Gasteiger partial charge is 0.436 e. The smallest absolute Gasteiger partial charge is 0.410 e. The average Bonchev–Trinajstić information content (AvgIpc) is 3.75. The van der Waals surface area contributed by atoms with Crippen molar-refractivity contribution in [3.05, 3.63) is 59.8 Å². The molecule has 5 heterocycles. The van der Waals surface area contributed by atoms with Crippen molar-refractivity contribution in [1.82, 2.24) is 29.8 Å². The summed E-state index contributed by atoms with van der Waals surface area (Å²) in [6, 6.07) is 14.3. The van der Waals surface area contributed by atoms with E-state index in [2.05, 4.69) is 26.5 Å². The molecule has 45 heavy (non-hydrogen) atoms. The van der Waals surface area contributed by atoms with Crippen molar-refractivity contribution in [2.75, 3.05) is 51.1 Å². The number of piperidine rings is 2. The molecule has 2 aromatic carbocycles. The molecule has 2 N–H and O–H groups in total. The van der Waals surface area contributed by atoms with Gasteiger partial charge in [-0.25, -0.2) is 9.59 Å². The number of carbonyl (C=O) groups excluding carboxylic acids is 3. The first-order valence-corrected chi connectivity index (χ1v) is 16.6. The van der Waals surface area contributed by atoms with Crippen LogP contribution in [0.25, 0.3) is 10.9 Å². The van der Waals surface area contributed by atoms with Gasteiger partial charge in [-0.05, 0) is 87.4 Å². The van der Waals surface area contributed by atoms with E-state index in [1.54, 1.807) is 11.1 Å². The standard InChI is InChI=1S/C34H43N7O4/c42-32(39-16-10-27(11-17-39)38-14-3-4-15-38)31(22-24-7-8-30-26(21-24)23-35-37-30)45-34(44)40-18-12-28(13-19-40)41-20-9-25-5-1-2-6-29(25)36-33(41)43/h1-2,5-8,21,23,27-28,31H,3-4,9-20,22H2,(H,35,37)(H,36,43)/t31-/m1/s1. The second-order valence-electron chi connectivity index (χ2n) is 12.9. The summed E-state index contributed by atoms with van der Waals surface area (Å²) in [5.74, 6) is -0.119. The summed E-state index contributed by atoms with van der Waals surface area (Å²) in [6.45, 7) is 5.27. The number of hydrogen-bond donors (Lipinski definition) is 2. The van der Waals surface area contributed by atoms with Crippen LogP contribution in [0.3, 0.4) is 0 Å². The first-order valence-electron chi connectivity index (χ1n) is 16.6. The minimum atomic E-state index is -0.905. The SMILES string of the molecule is O=C(O[C@H](Cc1ccc2[nH]ncc2c1)C(=O)N1CCC(N2CCCC2)CC1)N1CCC(N2CCc3ccccc3NC2=O)CC1. The van der Waals surface area contributed by atoms with Gasteiger partial charge in [0.15, 0.2) is 6.10 Å². The Labute approximate surface area is 263 Å². The number of nitrogens with zero attached hydrogens (tertiary/aromatic N) is 5. The molecule has 11 nitrogen and oxygen atoms in total. The lowest BCUT2D eigenvalue weighted by Gasteiger charge is -2.39. The van der Waals surface area contributed by atoms with Crippen LogP contribution in [-0.2, 0) is 22.4 Å². The van der Waals surface area contributed by atoms with Crippen LogP contribution < -0.4 is 5.32 Å². The minimum Gasteiger partial charge on any atom is -0.436 e. The number of ether oxygens (including phenoxy) is 1. The maximum atomic E-state index is 13.9. The number of carbonyl (C=O) groups is 3. The number of aromatic nitrogens is 2. The van der Waals surface area contributed by atoms with E-state index in [1.807, 2.05) is 46.2 Å². The number of nitrogens with one attached hydrogen (secondary N) is 2. The molecule has 11 heteroatoms. The first kappa shape index (κ1) is 29.6. The number of amides is 4. The van der Waals surface area contributed by atoms with Crippen molar-refractivity contribution in [2.45, 2.75) is 69.6 Å². The number of H-pyrrole nitrogens is 1. The monoisotopic (exact) mass is 613 g/mol. The average molecular weight is 614 g/mol. The Bertz CT molecular complexity index is 1520. The summed E-state index contributed by atoms with van der Waals surface area (Å²) in [5.41, 5.74) is 3.85. The van der Waals surface area contributed by atoms with Crippen LogP contribution in [0.1, 0.15) is 49.7 Å². The van der Waals surface area contributed by atoms with Crippen molar-refractivity contribution >= 4 is 34.6 Å². The first-order chi connectivity index (χ1) is 22.0. The fourth-order valence-electron chi connectivity index (χ4n) is 7.57. The molecule has 0 spiro atoms. The Morgan fingerprint density at radius 1 is 0.889 bits per heavy atom. The molecule has 3 saturated heterocycles. The van der Waals surface area contributed by atoms with Gasteiger partial charge < -0.3 is 29.7 Å². The van der Waals surface area contributed by atoms with Gasteiger partial charge in [-0.1, -0.05) is 24.3 Å². The van der Waals surface area contributed by atoms with E-state index >= 15 is 0 Å². The van der Waals surface area contributed by atoms with Gasteiger partial charge in [-0.15, -0.1) is 0 Å². The molecule has 0 unspecified atom stereocenters. The Balaban J connectivity index is 0.989. The van der Waals surface area contributed by atoms with Crippen LogP contribution in [0, 0.1) is 0 Å². The summed E-state index contributed by atoms with van der Waals surface area (Å²) >= 11 is 0. The van der Waals surface area contributed by atoms with Crippen molar-refractivity contribution in [3.63, 3.8) is 0 Å². The summed E-state index contributed by atoms with van der Waals surface area (Å²) in [6.07, 6.45) is 7.25. The number of fused-ring (bicyclic) bond motifs is 2. The topological polar surface area (TPSA) is 114 Å². The molecule has 1 aromatic heterocycles. The van der Waals surface area contributed by atoms with Crippen molar-refractivity contribution < 1.29 is 19.1 Å². The fourth-order valence-corrected chi connectivity index (χ4v) is 7.57. The van der Waals surface area contributed by atoms with Gasteiger partial charge >= 0.3 is 12.1 Å². The third-order valence-corrected chi connectivity index (χ3v) is 10.2. The molecule has 3 aromatic rings. The number of anilines is 1. The number of urea groups is 1. The van der Waals surface area contributed by atoms with Crippen LogP contribution in [0.2, 0.25) is 0 Å². The summed E-state index contributed by atoms with van der Waals surface area (Å²) in [7, 11) is 0. The zero-order chi connectivity index (χ0) is 30.8. The molecule has 1 atom stereocenters. The second kappa shape index (κ2) is 13.1. The molecule has 7 rings (SSSR count). The number of aromatic amines is 1. The fraction of sp³-hybridized carbons (Fsp3) is 0.529. The highest BCUT2D eigenvalue weighted by molar-refractivity contribution is 5.91. The molecule has 3 fully saturated rings. The maximum absolute atomic E-state index is 13.9. The number of hydrogen-bond acceptors (Lipinski definition) is 6.